The van der Waals surface area contributed by atoms with Crippen molar-refractivity contribution in [1.29, 1.82) is 0 Å². The maximum absolute atomic E-state index is 9.13. The molecule has 0 aliphatic carbocycles. The molecule has 0 aliphatic rings. The number of aliphatic hydroxyl groups excluding tert-OH is 1. The molecule has 4 heteroatoms. The van der Waals surface area contributed by atoms with Gasteiger partial charge in [0.15, 0.2) is 0 Å². The SMILES string of the molecule is COc1ccc2c3ccnc(C)c3n(CCCO)c2c1. The second-order valence-corrected chi connectivity index (χ2v) is 4.90. The maximum atomic E-state index is 9.13. The molecule has 1 aromatic carbocycles. The van der Waals surface area contributed by atoms with Crippen LogP contribution in [0.1, 0.15) is 12.1 Å². The van der Waals surface area contributed by atoms with Gasteiger partial charge in [0.05, 0.1) is 23.8 Å². The molecule has 0 amide bonds. The van der Waals surface area contributed by atoms with Crippen LogP contribution in [0, 0.1) is 6.92 Å². The molecule has 20 heavy (non-hydrogen) atoms. The molecule has 0 radical (unpaired) electrons. The third kappa shape index (κ3) is 1.93. The Morgan fingerprint density at radius 3 is 2.85 bits per heavy atom. The van der Waals surface area contributed by atoms with Crippen LogP contribution in [-0.2, 0) is 6.54 Å². The van der Waals surface area contributed by atoms with E-state index >= 15 is 0 Å². The predicted molar refractivity (Wildman–Crippen MR) is 80.2 cm³/mol. The molecule has 0 atom stereocenters. The Bertz CT molecular complexity index is 762. The molecule has 3 rings (SSSR count). The molecule has 0 unspecified atom stereocenters. The molecule has 0 fully saturated rings. The van der Waals surface area contributed by atoms with E-state index in [2.05, 4.69) is 15.6 Å². The van der Waals surface area contributed by atoms with E-state index in [9.17, 15) is 0 Å². The molecule has 1 N–H and O–H groups in total. The van der Waals surface area contributed by atoms with Crippen molar-refractivity contribution < 1.29 is 9.84 Å². The van der Waals surface area contributed by atoms with Crippen LogP contribution in [0.25, 0.3) is 21.8 Å². The standard InChI is InChI=1S/C16H18N2O2/c1-11-16-14(6-7-17-11)13-5-4-12(20-2)10-15(13)18(16)8-3-9-19/h4-7,10,19H,3,8-9H2,1-2H3. The molecule has 2 heterocycles. The van der Waals surface area contributed by atoms with Gasteiger partial charge in [-0.3, -0.25) is 4.98 Å². The van der Waals surface area contributed by atoms with Gasteiger partial charge >= 0.3 is 0 Å². The second-order valence-electron chi connectivity index (χ2n) is 4.90. The molecule has 0 saturated heterocycles. The summed E-state index contributed by atoms with van der Waals surface area (Å²) < 4.78 is 7.56. The van der Waals surface area contributed by atoms with Gasteiger partial charge in [0.1, 0.15) is 5.75 Å². The summed E-state index contributed by atoms with van der Waals surface area (Å²) in [6, 6.07) is 8.16. The smallest absolute Gasteiger partial charge is 0.120 e. The van der Waals surface area contributed by atoms with Gasteiger partial charge in [-0.2, -0.15) is 0 Å². The van der Waals surface area contributed by atoms with E-state index in [1.165, 1.54) is 10.8 Å². The zero-order valence-corrected chi connectivity index (χ0v) is 11.8. The van der Waals surface area contributed by atoms with Crippen LogP contribution in [0.3, 0.4) is 0 Å². The Morgan fingerprint density at radius 1 is 1.25 bits per heavy atom. The first kappa shape index (κ1) is 12.9. The first-order valence-corrected chi connectivity index (χ1v) is 6.78. The molecule has 104 valence electrons. The minimum atomic E-state index is 0.185. The number of nitrogens with zero attached hydrogens (tertiary/aromatic N) is 2. The summed E-state index contributed by atoms with van der Waals surface area (Å²) in [5.74, 6) is 0.844. The van der Waals surface area contributed by atoms with E-state index in [-0.39, 0.29) is 6.61 Å². The minimum Gasteiger partial charge on any atom is -0.497 e. The van der Waals surface area contributed by atoms with Crippen LogP contribution >= 0.6 is 0 Å². The summed E-state index contributed by atoms with van der Waals surface area (Å²) >= 11 is 0. The van der Waals surface area contributed by atoms with Gasteiger partial charge in [-0.05, 0) is 31.5 Å². The molecule has 0 saturated carbocycles. The maximum Gasteiger partial charge on any atom is 0.120 e. The lowest BCUT2D eigenvalue weighted by Crippen LogP contribution is -2.01. The number of ether oxygens (including phenoxy) is 1. The van der Waals surface area contributed by atoms with Crippen molar-refractivity contribution in [3.05, 3.63) is 36.2 Å². The van der Waals surface area contributed by atoms with E-state index in [0.717, 1.165) is 35.4 Å². The highest BCUT2D eigenvalue weighted by molar-refractivity contribution is 6.09. The highest BCUT2D eigenvalue weighted by Crippen LogP contribution is 2.32. The van der Waals surface area contributed by atoms with Crippen molar-refractivity contribution >= 4 is 21.8 Å². The average molecular weight is 270 g/mol. The van der Waals surface area contributed by atoms with Crippen LogP contribution < -0.4 is 4.74 Å². The molecular formula is C16H18N2O2. The average Bonchev–Trinajstić information content (AvgIpc) is 2.79. The number of aliphatic hydroxyl groups is 1. The lowest BCUT2D eigenvalue weighted by Gasteiger charge is -2.08. The number of pyridine rings is 1. The summed E-state index contributed by atoms with van der Waals surface area (Å²) in [7, 11) is 1.68. The third-order valence-corrected chi connectivity index (χ3v) is 3.70. The molecule has 0 bridgehead atoms. The summed E-state index contributed by atoms with van der Waals surface area (Å²) in [6.07, 6.45) is 2.57. The lowest BCUT2D eigenvalue weighted by atomic mass is 10.1. The normalized spacial score (nSPS) is 11.3. The van der Waals surface area contributed by atoms with Gasteiger partial charge in [0.25, 0.3) is 0 Å². The van der Waals surface area contributed by atoms with Gasteiger partial charge in [-0.15, -0.1) is 0 Å². The van der Waals surface area contributed by atoms with Crippen molar-refractivity contribution in [2.45, 2.75) is 19.9 Å². The topological polar surface area (TPSA) is 47.3 Å². The van der Waals surface area contributed by atoms with Crippen LogP contribution in [-0.4, -0.2) is 28.4 Å². The quantitative estimate of drug-likeness (QED) is 0.793. The molecule has 4 nitrogen and oxygen atoms in total. The predicted octanol–water partition coefficient (Wildman–Crippen LogP) is 2.89. The fourth-order valence-electron chi connectivity index (χ4n) is 2.79. The van der Waals surface area contributed by atoms with E-state index in [1.54, 1.807) is 7.11 Å². The highest BCUT2D eigenvalue weighted by atomic mass is 16.5. The van der Waals surface area contributed by atoms with Crippen LogP contribution in [0.15, 0.2) is 30.5 Å². The minimum absolute atomic E-state index is 0.185. The van der Waals surface area contributed by atoms with Crippen molar-refractivity contribution in [3.8, 4) is 5.75 Å². The summed E-state index contributed by atoms with van der Waals surface area (Å²) in [5.41, 5.74) is 3.28. The molecule has 0 aliphatic heterocycles. The molecule has 3 aromatic rings. The van der Waals surface area contributed by atoms with E-state index in [4.69, 9.17) is 9.84 Å². The Balaban J connectivity index is 2.37. The van der Waals surface area contributed by atoms with Gasteiger partial charge < -0.3 is 14.4 Å². The molecule has 0 spiro atoms. The lowest BCUT2D eigenvalue weighted by molar-refractivity contribution is 0.281. The third-order valence-electron chi connectivity index (χ3n) is 3.70. The van der Waals surface area contributed by atoms with E-state index in [0.29, 0.717) is 0 Å². The fourth-order valence-corrected chi connectivity index (χ4v) is 2.79. The number of methoxy groups -OCH3 is 1. The van der Waals surface area contributed by atoms with Crippen molar-refractivity contribution in [1.82, 2.24) is 9.55 Å². The fraction of sp³-hybridized carbons (Fsp3) is 0.312. The number of benzene rings is 1. The van der Waals surface area contributed by atoms with Gasteiger partial charge in [-0.1, -0.05) is 0 Å². The van der Waals surface area contributed by atoms with Crippen LogP contribution in [0.5, 0.6) is 5.75 Å². The molecular weight excluding hydrogens is 252 g/mol. The molecule has 2 aromatic heterocycles. The highest BCUT2D eigenvalue weighted by Gasteiger charge is 2.13. The van der Waals surface area contributed by atoms with Crippen LogP contribution in [0.2, 0.25) is 0 Å². The second kappa shape index (κ2) is 5.13. The van der Waals surface area contributed by atoms with Gasteiger partial charge in [0, 0.05) is 36.2 Å². The number of fused-ring (bicyclic) bond motifs is 3. The number of aromatic nitrogens is 2. The van der Waals surface area contributed by atoms with Gasteiger partial charge in [0.2, 0.25) is 0 Å². The van der Waals surface area contributed by atoms with Crippen molar-refractivity contribution in [2.75, 3.05) is 13.7 Å². The number of hydrogen-bond acceptors (Lipinski definition) is 3. The van der Waals surface area contributed by atoms with Crippen molar-refractivity contribution in [2.24, 2.45) is 0 Å². The van der Waals surface area contributed by atoms with Gasteiger partial charge in [-0.25, -0.2) is 0 Å². The van der Waals surface area contributed by atoms with Crippen LogP contribution in [0.4, 0.5) is 0 Å². The zero-order valence-electron chi connectivity index (χ0n) is 11.8. The van der Waals surface area contributed by atoms with E-state index in [1.807, 2.05) is 31.3 Å². The largest absolute Gasteiger partial charge is 0.497 e. The number of rotatable bonds is 4. The summed E-state index contributed by atoms with van der Waals surface area (Å²) in [4.78, 5) is 4.40. The first-order valence-electron chi connectivity index (χ1n) is 6.78. The van der Waals surface area contributed by atoms with Crippen molar-refractivity contribution in [3.63, 3.8) is 0 Å². The summed E-state index contributed by atoms with van der Waals surface area (Å²) in [6.45, 7) is 2.98. The van der Waals surface area contributed by atoms with E-state index < -0.39 is 0 Å². The Kier molecular flexibility index (Phi) is 3.32. The Hall–Kier alpha value is -2.07. The number of hydrogen-bond donors (Lipinski definition) is 1. The Morgan fingerprint density at radius 2 is 2.10 bits per heavy atom. The summed E-state index contributed by atoms with van der Waals surface area (Å²) in [5, 5.41) is 11.5. The zero-order chi connectivity index (χ0) is 14.1. The Labute approximate surface area is 117 Å². The monoisotopic (exact) mass is 270 g/mol. The number of aryl methyl sites for hydroxylation is 2. The first-order chi connectivity index (χ1) is 9.76.